The zero-order valence-corrected chi connectivity index (χ0v) is 16.3. The van der Waals surface area contributed by atoms with Crippen molar-refractivity contribution < 1.29 is 4.79 Å². The van der Waals surface area contributed by atoms with Gasteiger partial charge in [0.25, 0.3) is 0 Å². The first-order chi connectivity index (χ1) is 12.5. The van der Waals surface area contributed by atoms with Crippen LogP contribution >= 0.6 is 0 Å². The Morgan fingerprint density at radius 1 is 1.35 bits per heavy atom. The Bertz CT molecular complexity index is 823. The topological polar surface area (TPSA) is 51.4 Å². The highest BCUT2D eigenvalue weighted by atomic mass is 16.2. The third kappa shape index (κ3) is 2.69. The van der Waals surface area contributed by atoms with Crippen molar-refractivity contribution in [1.82, 2.24) is 20.1 Å². The van der Waals surface area contributed by atoms with E-state index < -0.39 is 0 Å². The van der Waals surface area contributed by atoms with Gasteiger partial charge in [-0.2, -0.15) is 0 Å². The van der Waals surface area contributed by atoms with Gasteiger partial charge in [-0.05, 0) is 57.9 Å². The number of hydrogen-bond acceptors (Lipinski definition) is 2. The molecule has 2 N–H and O–H groups in total. The Balaban J connectivity index is 1.63. The normalized spacial score (nSPS) is 25.2. The third-order valence-electron chi connectivity index (χ3n) is 6.44. The monoisotopic (exact) mass is 354 g/mol. The molecule has 4 rings (SSSR count). The van der Waals surface area contributed by atoms with Crippen molar-refractivity contribution >= 4 is 16.9 Å². The Hall–Kier alpha value is -2.01. The summed E-state index contributed by atoms with van der Waals surface area (Å²) in [6.45, 7) is 8.68. The lowest BCUT2D eigenvalue weighted by molar-refractivity contribution is 0.124. The Kier molecular flexibility index (Phi) is 4.43. The van der Waals surface area contributed by atoms with Gasteiger partial charge in [-0.15, -0.1) is 0 Å². The molecule has 2 heterocycles. The SMILES string of the molecule is CCN(CC)C(=O)N[C@H]1CC2c3cccc4[nH]c(C)c(c34)C[C@H]2N(C)C1. The molecule has 1 aromatic heterocycles. The van der Waals surface area contributed by atoms with E-state index in [1.165, 1.54) is 27.7 Å². The molecule has 26 heavy (non-hydrogen) atoms. The van der Waals surface area contributed by atoms with Crippen molar-refractivity contribution in [3.63, 3.8) is 0 Å². The Labute approximate surface area is 155 Å². The van der Waals surface area contributed by atoms with Crippen LogP contribution in [0.5, 0.6) is 0 Å². The maximum atomic E-state index is 12.5. The van der Waals surface area contributed by atoms with Crippen LogP contribution < -0.4 is 5.32 Å². The molecule has 0 radical (unpaired) electrons. The van der Waals surface area contributed by atoms with Crippen LogP contribution in [0.25, 0.3) is 10.9 Å². The minimum atomic E-state index is 0.0686. The molecule has 1 aliphatic carbocycles. The quantitative estimate of drug-likeness (QED) is 0.889. The Morgan fingerprint density at radius 2 is 2.12 bits per heavy atom. The van der Waals surface area contributed by atoms with Gasteiger partial charge >= 0.3 is 6.03 Å². The van der Waals surface area contributed by atoms with Crippen LogP contribution in [0.1, 0.15) is 43.0 Å². The number of likely N-dealkylation sites (tertiary alicyclic amines) is 1. The average molecular weight is 354 g/mol. The van der Waals surface area contributed by atoms with E-state index >= 15 is 0 Å². The van der Waals surface area contributed by atoms with E-state index in [-0.39, 0.29) is 12.1 Å². The van der Waals surface area contributed by atoms with Crippen molar-refractivity contribution in [1.29, 1.82) is 0 Å². The fraction of sp³-hybridized carbons (Fsp3) is 0.571. The van der Waals surface area contributed by atoms with Crippen molar-refractivity contribution in [2.75, 3.05) is 26.7 Å². The van der Waals surface area contributed by atoms with Crippen LogP contribution in [0.4, 0.5) is 4.79 Å². The number of carbonyl (C=O) groups is 1. The maximum absolute atomic E-state index is 12.5. The highest BCUT2D eigenvalue weighted by Gasteiger charge is 2.40. The first-order valence-corrected chi connectivity index (χ1v) is 9.89. The summed E-state index contributed by atoms with van der Waals surface area (Å²) in [6, 6.07) is 7.42. The van der Waals surface area contributed by atoms with E-state index in [2.05, 4.69) is 47.4 Å². The van der Waals surface area contributed by atoms with Gasteiger partial charge in [0.1, 0.15) is 0 Å². The highest BCUT2D eigenvalue weighted by Crippen LogP contribution is 2.44. The molecule has 2 aromatic rings. The van der Waals surface area contributed by atoms with E-state index in [0.717, 1.165) is 32.5 Å². The second-order valence-electron chi connectivity index (χ2n) is 7.87. The fourth-order valence-electron chi connectivity index (χ4n) is 5.09. The van der Waals surface area contributed by atoms with E-state index in [9.17, 15) is 4.79 Å². The zero-order chi connectivity index (χ0) is 18.4. The lowest BCUT2D eigenvalue weighted by Gasteiger charge is -2.46. The smallest absolute Gasteiger partial charge is 0.317 e. The van der Waals surface area contributed by atoms with Gasteiger partial charge < -0.3 is 20.1 Å². The number of nitrogens with one attached hydrogen (secondary N) is 2. The number of aromatic nitrogens is 1. The number of H-pyrrole nitrogens is 1. The van der Waals surface area contributed by atoms with Crippen molar-refractivity contribution in [3.05, 3.63) is 35.0 Å². The van der Waals surface area contributed by atoms with E-state index in [1.807, 2.05) is 18.7 Å². The summed E-state index contributed by atoms with van der Waals surface area (Å²) in [7, 11) is 2.21. The number of nitrogens with zero attached hydrogens (tertiary/aromatic N) is 2. The molecule has 1 saturated heterocycles. The number of amides is 2. The molecule has 2 aliphatic rings. The Morgan fingerprint density at radius 3 is 2.85 bits per heavy atom. The molecule has 0 spiro atoms. The molecule has 140 valence electrons. The van der Waals surface area contributed by atoms with Gasteiger partial charge in [-0.3, -0.25) is 0 Å². The van der Waals surface area contributed by atoms with Crippen molar-refractivity contribution in [2.24, 2.45) is 0 Å². The summed E-state index contributed by atoms with van der Waals surface area (Å²) in [6.07, 6.45) is 2.12. The summed E-state index contributed by atoms with van der Waals surface area (Å²) < 4.78 is 0. The largest absolute Gasteiger partial charge is 0.358 e. The van der Waals surface area contributed by atoms with Crippen LogP contribution in [0, 0.1) is 6.92 Å². The number of aryl methyl sites for hydroxylation is 1. The van der Waals surface area contributed by atoms with Gasteiger partial charge in [0.2, 0.25) is 0 Å². The number of urea groups is 1. The molecule has 0 bridgehead atoms. The maximum Gasteiger partial charge on any atom is 0.317 e. The van der Waals surface area contributed by atoms with E-state index in [4.69, 9.17) is 0 Å². The number of hydrogen-bond donors (Lipinski definition) is 2. The second kappa shape index (κ2) is 6.62. The second-order valence-corrected chi connectivity index (χ2v) is 7.87. The van der Waals surface area contributed by atoms with Gasteiger partial charge in [0, 0.05) is 54.2 Å². The lowest BCUT2D eigenvalue weighted by atomic mass is 9.73. The van der Waals surface area contributed by atoms with Gasteiger partial charge in [-0.25, -0.2) is 4.79 Å². The first-order valence-electron chi connectivity index (χ1n) is 9.89. The standard InChI is InChI=1S/C21H30N4O/c1-5-25(6-2)21(26)23-14-10-17-15-8-7-9-18-20(15)16(13(3)22-18)11-19(17)24(4)12-14/h7-9,14,17,19,22H,5-6,10-12H2,1-4H3,(H,23,26)/t14-,17?,19+/m0/s1. The number of likely N-dealkylation sites (N-methyl/N-ethyl adjacent to an activating group) is 1. The summed E-state index contributed by atoms with van der Waals surface area (Å²) >= 11 is 0. The van der Waals surface area contributed by atoms with E-state index in [1.54, 1.807) is 0 Å². The number of rotatable bonds is 3. The molecular formula is C21H30N4O. The average Bonchev–Trinajstić information content (AvgIpc) is 2.94. The number of carbonyl (C=O) groups excluding carboxylic acids is 1. The molecule has 1 aliphatic heterocycles. The number of benzene rings is 1. The van der Waals surface area contributed by atoms with Crippen LogP contribution in [0.2, 0.25) is 0 Å². The predicted octanol–water partition coefficient (Wildman–Crippen LogP) is 3.24. The molecule has 5 nitrogen and oxygen atoms in total. The fourth-order valence-corrected chi connectivity index (χ4v) is 5.09. The molecule has 5 heteroatoms. The molecule has 1 unspecified atom stereocenters. The van der Waals surface area contributed by atoms with Crippen LogP contribution in [0.15, 0.2) is 18.2 Å². The summed E-state index contributed by atoms with van der Waals surface area (Å²) in [5.41, 5.74) is 5.49. The molecule has 0 saturated carbocycles. The molecule has 1 fully saturated rings. The molecule has 3 atom stereocenters. The molecular weight excluding hydrogens is 324 g/mol. The minimum absolute atomic E-state index is 0.0686. The van der Waals surface area contributed by atoms with Crippen LogP contribution in [-0.4, -0.2) is 59.6 Å². The van der Waals surface area contributed by atoms with E-state index in [0.29, 0.717) is 12.0 Å². The highest BCUT2D eigenvalue weighted by molar-refractivity contribution is 5.89. The summed E-state index contributed by atoms with van der Waals surface area (Å²) in [5, 5.41) is 4.71. The summed E-state index contributed by atoms with van der Waals surface area (Å²) in [4.78, 5) is 20.4. The van der Waals surface area contributed by atoms with Crippen LogP contribution in [-0.2, 0) is 6.42 Å². The van der Waals surface area contributed by atoms with Gasteiger partial charge in [-0.1, -0.05) is 12.1 Å². The van der Waals surface area contributed by atoms with Crippen LogP contribution in [0.3, 0.4) is 0 Å². The van der Waals surface area contributed by atoms with Gasteiger partial charge in [0.05, 0.1) is 0 Å². The number of fused-ring (bicyclic) bond motifs is 2. The predicted molar refractivity (Wildman–Crippen MR) is 106 cm³/mol. The third-order valence-corrected chi connectivity index (χ3v) is 6.44. The van der Waals surface area contributed by atoms with Gasteiger partial charge in [0.15, 0.2) is 0 Å². The van der Waals surface area contributed by atoms with Crippen molar-refractivity contribution in [3.8, 4) is 0 Å². The molecule has 1 aromatic carbocycles. The zero-order valence-electron chi connectivity index (χ0n) is 16.3. The molecule has 2 amide bonds. The van der Waals surface area contributed by atoms with Crippen molar-refractivity contribution in [2.45, 2.75) is 51.6 Å². The number of aromatic amines is 1. The lowest BCUT2D eigenvalue weighted by Crippen LogP contribution is -2.56. The minimum Gasteiger partial charge on any atom is -0.358 e. The summed E-state index contributed by atoms with van der Waals surface area (Å²) in [5.74, 6) is 0.474. The first kappa shape index (κ1) is 17.4. The number of piperidine rings is 1.